The van der Waals surface area contributed by atoms with Crippen molar-refractivity contribution in [1.82, 2.24) is 4.72 Å². The number of halogens is 1. The molecule has 0 aliphatic heterocycles. The number of aryl methyl sites for hydroxylation is 2. The maximum atomic E-state index is 12.4. The lowest BCUT2D eigenvalue weighted by Crippen LogP contribution is -2.24. The third-order valence-electron chi connectivity index (χ3n) is 3.33. The van der Waals surface area contributed by atoms with Crippen LogP contribution in [0.15, 0.2) is 45.8 Å². The summed E-state index contributed by atoms with van der Waals surface area (Å²) in [4.78, 5) is 0.123. The minimum atomic E-state index is -3.64. The maximum absolute atomic E-state index is 12.4. The van der Waals surface area contributed by atoms with Gasteiger partial charge in [0.1, 0.15) is 4.90 Å². The molecule has 0 aliphatic carbocycles. The van der Waals surface area contributed by atoms with E-state index in [-0.39, 0.29) is 17.1 Å². The molecule has 0 aliphatic rings. The minimum Gasteiger partial charge on any atom is -0.398 e. The van der Waals surface area contributed by atoms with Gasteiger partial charge >= 0.3 is 0 Å². The topological polar surface area (TPSA) is 72.2 Å². The Morgan fingerprint density at radius 3 is 2.43 bits per heavy atom. The zero-order chi connectivity index (χ0) is 15.6. The molecule has 0 fully saturated rings. The van der Waals surface area contributed by atoms with Crippen LogP contribution in [-0.4, -0.2) is 8.42 Å². The third-order valence-corrected chi connectivity index (χ3v) is 5.56. The summed E-state index contributed by atoms with van der Waals surface area (Å²) >= 11 is 3.40. The van der Waals surface area contributed by atoms with Crippen LogP contribution in [0.1, 0.15) is 16.7 Å². The number of nitrogens with two attached hydrogens (primary N) is 1. The SMILES string of the molecule is Cc1cc(N)c(S(=O)(=O)NCc2ccccc2Br)cc1C. The van der Waals surface area contributed by atoms with Crippen LogP contribution in [0.3, 0.4) is 0 Å². The standard InChI is InChI=1S/C15H17BrN2O2S/c1-10-7-14(17)15(8-11(10)2)21(19,20)18-9-12-5-3-4-6-13(12)16/h3-8,18H,9,17H2,1-2H3. The molecule has 112 valence electrons. The van der Waals surface area contributed by atoms with Crippen LogP contribution in [0.25, 0.3) is 0 Å². The first-order valence-corrected chi connectivity index (χ1v) is 8.68. The van der Waals surface area contributed by atoms with E-state index in [1.807, 2.05) is 38.1 Å². The number of nitrogens with one attached hydrogen (secondary N) is 1. The van der Waals surface area contributed by atoms with Gasteiger partial charge in [-0.3, -0.25) is 0 Å². The van der Waals surface area contributed by atoms with Crippen molar-refractivity contribution in [3.8, 4) is 0 Å². The van der Waals surface area contributed by atoms with Crippen molar-refractivity contribution >= 4 is 31.6 Å². The Balaban J connectivity index is 2.27. The smallest absolute Gasteiger partial charge is 0.242 e. The Morgan fingerprint density at radius 1 is 1.14 bits per heavy atom. The molecule has 21 heavy (non-hydrogen) atoms. The van der Waals surface area contributed by atoms with Crippen molar-refractivity contribution < 1.29 is 8.42 Å². The molecule has 0 amide bonds. The van der Waals surface area contributed by atoms with Crippen LogP contribution in [0.5, 0.6) is 0 Å². The monoisotopic (exact) mass is 368 g/mol. The van der Waals surface area contributed by atoms with Crippen LogP contribution >= 0.6 is 15.9 Å². The Hall–Kier alpha value is -1.37. The molecule has 0 aromatic heterocycles. The zero-order valence-corrected chi connectivity index (χ0v) is 14.3. The lowest BCUT2D eigenvalue weighted by atomic mass is 10.1. The van der Waals surface area contributed by atoms with Gasteiger partial charge in [-0.05, 0) is 48.7 Å². The largest absolute Gasteiger partial charge is 0.398 e. The van der Waals surface area contributed by atoms with Gasteiger partial charge < -0.3 is 5.73 Å². The van der Waals surface area contributed by atoms with E-state index in [1.54, 1.807) is 12.1 Å². The molecule has 0 saturated carbocycles. The molecule has 0 saturated heterocycles. The minimum absolute atomic E-state index is 0.123. The van der Waals surface area contributed by atoms with Gasteiger partial charge in [0.2, 0.25) is 10.0 Å². The van der Waals surface area contributed by atoms with Crippen LogP contribution in [-0.2, 0) is 16.6 Å². The number of anilines is 1. The van der Waals surface area contributed by atoms with E-state index in [1.165, 1.54) is 0 Å². The highest BCUT2D eigenvalue weighted by atomic mass is 79.9. The first-order valence-electron chi connectivity index (χ1n) is 6.41. The Kier molecular flexibility index (Phi) is 4.70. The van der Waals surface area contributed by atoms with Crippen LogP contribution in [0, 0.1) is 13.8 Å². The number of benzene rings is 2. The predicted molar refractivity (Wildman–Crippen MR) is 88.5 cm³/mol. The van der Waals surface area contributed by atoms with Crippen LogP contribution in [0.4, 0.5) is 5.69 Å². The molecule has 0 atom stereocenters. The molecule has 0 spiro atoms. The summed E-state index contributed by atoms with van der Waals surface area (Å²) in [5, 5.41) is 0. The lowest BCUT2D eigenvalue weighted by Gasteiger charge is -2.12. The number of nitrogen functional groups attached to an aromatic ring is 1. The quantitative estimate of drug-likeness (QED) is 0.814. The second-order valence-corrected chi connectivity index (χ2v) is 7.48. The number of rotatable bonds is 4. The van der Waals surface area contributed by atoms with Gasteiger partial charge in [-0.25, -0.2) is 13.1 Å². The van der Waals surface area contributed by atoms with Crippen molar-refractivity contribution in [3.63, 3.8) is 0 Å². The van der Waals surface area contributed by atoms with E-state index >= 15 is 0 Å². The van der Waals surface area contributed by atoms with Crippen molar-refractivity contribution in [2.75, 3.05) is 5.73 Å². The van der Waals surface area contributed by atoms with Crippen LogP contribution in [0.2, 0.25) is 0 Å². The number of hydrogen-bond donors (Lipinski definition) is 2. The zero-order valence-electron chi connectivity index (χ0n) is 11.9. The van der Waals surface area contributed by atoms with E-state index in [0.717, 1.165) is 21.2 Å². The second kappa shape index (κ2) is 6.17. The lowest BCUT2D eigenvalue weighted by molar-refractivity contribution is 0.581. The van der Waals surface area contributed by atoms with E-state index in [2.05, 4.69) is 20.7 Å². The molecule has 4 nitrogen and oxygen atoms in total. The van der Waals surface area contributed by atoms with Crippen molar-refractivity contribution in [2.45, 2.75) is 25.3 Å². The fourth-order valence-corrected chi connectivity index (χ4v) is 3.56. The molecule has 2 rings (SSSR count). The molecule has 3 N–H and O–H groups in total. The Labute approximate surface area is 133 Å². The molecular weight excluding hydrogens is 352 g/mol. The van der Waals surface area contributed by atoms with Gasteiger partial charge in [0.15, 0.2) is 0 Å². The second-order valence-electron chi connectivity index (χ2n) is 4.89. The molecular formula is C15H17BrN2O2S. The average molecular weight is 369 g/mol. The van der Waals surface area contributed by atoms with Crippen LogP contribution < -0.4 is 10.5 Å². The fraction of sp³-hybridized carbons (Fsp3) is 0.200. The normalized spacial score (nSPS) is 11.6. The third kappa shape index (κ3) is 3.64. The van der Waals surface area contributed by atoms with Gasteiger partial charge in [0.25, 0.3) is 0 Å². The van der Waals surface area contributed by atoms with E-state index < -0.39 is 10.0 Å². The summed E-state index contributed by atoms with van der Waals surface area (Å²) in [6, 6.07) is 10.8. The summed E-state index contributed by atoms with van der Waals surface area (Å²) in [5.74, 6) is 0. The van der Waals surface area contributed by atoms with E-state index in [0.29, 0.717) is 0 Å². The van der Waals surface area contributed by atoms with Gasteiger partial charge in [-0.15, -0.1) is 0 Å². The number of sulfonamides is 1. The summed E-state index contributed by atoms with van der Waals surface area (Å²) < 4.78 is 28.2. The van der Waals surface area contributed by atoms with E-state index in [9.17, 15) is 8.42 Å². The maximum Gasteiger partial charge on any atom is 0.242 e. The first-order chi connectivity index (χ1) is 9.81. The van der Waals surface area contributed by atoms with Crippen molar-refractivity contribution in [2.24, 2.45) is 0 Å². The Bertz CT molecular complexity index is 773. The molecule has 6 heteroatoms. The molecule has 2 aromatic rings. The van der Waals surface area contributed by atoms with Gasteiger partial charge in [0, 0.05) is 11.0 Å². The van der Waals surface area contributed by atoms with Gasteiger partial charge in [-0.1, -0.05) is 34.1 Å². The van der Waals surface area contributed by atoms with E-state index in [4.69, 9.17) is 5.73 Å². The average Bonchev–Trinajstić information content (AvgIpc) is 2.42. The molecule has 2 aromatic carbocycles. The Morgan fingerprint density at radius 2 is 1.76 bits per heavy atom. The summed E-state index contributed by atoms with van der Waals surface area (Å²) in [7, 11) is -3.64. The highest BCUT2D eigenvalue weighted by Gasteiger charge is 2.18. The highest BCUT2D eigenvalue weighted by molar-refractivity contribution is 9.10. The molecule has 0 radical (unpaired) electrons. The molecule has 0 bridgehead atoms. The number of hydrogen-bond acceptors (Lipinski definition) is 3. The molecule has 0 unspecified atom stereocenters. The fourth-order valence-electron chi connectivity index (χ4n) is 1.94. The summed E-state index contributed by atoms with van der Waals surface area (Å²) in [5.41, 5.74) is 8.84. The molecule has 0 heterocycles. The van der Waals surface area contributed by atoms with Gasteiger partial charge in [0.05, 0.1) is 5.69 Å². The first kappa shape index (κ1) is 16.0. The predicted octanol–water partition coefficient (Wildman–Crippen LogP) is 3.13. The van der Waals surface area contributed by atoms with Crippen molar-refractivity contribution in [3.05, 3.63) is 57.6 Å². The summed E-state index contributed by atoms with van der Waals surface area (Å²) in [6.07, 6.45) is 0. The summed E-state index contributed by atoms with van der Waals surface area (Å²) in [6.45, 7) is 3.97. The van der Waals surface area contributed by atoms with Gasteiger partial charge in [-0.2, -0.15) is 0 Å². The highest BCUT2D eigenvalue weighted by Crippen LogP contribution is 2.23. The van der Waals surface area contributed by atoms with Crippen molar-refractivity contribution in [1.29, 1.82) is 0 Å².